The summed E-state index contributed by atoms with van der Waals surface area (Å²) in [5, 5.41) is 2.25. The average molecular weight is 392 g/mol. The summed E-state index contributed by atoms with van der Waals surface area (Å²) in [5.74, 6) is -5.22. The van der Waals surface area contributed by atoms with Gasteiger partial charge in [-0.25, -0.2) is 18.2 Å². The maximum atomic E-state index is 13.8. The summed E-state index contributed by atoms with van der Waals surface area (Å²) in [7, 11) is 1.98. The predicted molar refractivity (Wildman–Crippen MR) is 96.5 cm³/mol. The first-order valence-corrected chi connectivity index (χ1v) is 8.76. The van der Waals surface area contributed by atoms with Gasteiger partial charge in [0.1, 0.15) is 34.5 Å². The van der Waals surface area contributed by atoms with Crippen LogP contribution in [-0.2, 0) is 0 Å². The van der Waals surface area contributed by atoms with E-state index in [1.54, 1.807) is 4.90 Å². The molecule has 0 saturated carbocycles. The highest BCUT2D eigenvalue weighted by atomic mass is 19.1. The number of amides is 2. The quantitative estimate of drug-likeness (QED) is 0.872. The van der Waals surface area contributed by atoms with Crippen molar-refractivity contribution in [3.63, 3.8) is 0 Å². The molecular weight excluding hydrogens is 373 g/mol. The monoisotopic (exact) mass is 392 g/mol. The molecule has 1 N–H and O–H groups in total. The molecule has 1 saturated heterocycles. The number of nitrogens with one attached hydrogen (secondary N) is 1. The minimum absolute atomic E-state index is 0.0362. The van der Waals surface area contributed by atoms with Crippen LogP contribution in [0.5, 0.6) is 0 Å². The Morgan fingerprint density at radius 1 is 1.04 bits per heavy atom. The number of benzene rings is 1. The minimum atomic E-state index is -1.32. The van der Waals surface area contributed by atoms with E-state index in [1.165, 1.54) is 18.2 Å². The van der Waals surface area contributed by atoms with Gasteiger partial charge in [-0.15, -0.1) is 0 Å². The molecule has 0 spiro atoms. The Balaban J connectivity index is 1.76. The Bertz CT molecular complexity index is 883. The fourth-order valence-corrected chi connectivity index (χ4v) is 2.97. The van der Waals surface area contributed by atoms with Crippen LogP contribution in [0.3, 0.4) is 0 Å². The second-order valence-electron chi connectivity index (χ2n) is 6.56. The van der Waals surface area contributed by atoms with Crippen LogP contribution in [0.1, 0.15) is 27.3 Å². The largest absolute Gasteiger partial charge is 0.336 e. The maximum absolute atomic E-state index is 13.8. The molecule has 0 aliphatic carbocycles. The number of rotatable bonds is 3. The standard InChI is InChI=1S/C19H19F3N4O2/c1-25-6-3-7-26(9-8-25)19(28)15-4-2-5-16(23-15)24-18(27)17-13(21)10-12(20)11-14(17)22/h2,4-5,10-11H,3,6-9H2,1H3,(H,23,24,27). The smallest absolute Gasteiger partial charge is 0.272 e. The first kappa shape index (κ1) is 19.8. The molecule has 28 heavy (non-hydrogen) atoms. The molecule has 148 valence electrons. The molecule has 6 nitrogen and oxygen atoms in total. The lowest BCUT2D eigenvalue weighted by Gasteiger charge is -2.20. The van der Waals surface area contributed by atoms with E-state index in [4.69, 9.17) is 0 Å². The third kappa shape index (κ3) is 4.48. The number of nitrogens with zero attached hydrogens (tertiary/aromatic N) is 3. The van der Waals surface area contributed by atoms with E-state index in [0.29, 0.717) is 25.2 Å². The summed E-state index contributed by atoms with van der Waals surface area (Å²) in [6.07, 6.45) is 0.835. The third-order valence-corrected chi connectivity index (χ3v) is 4.45. The van der Waals surface area contributed by atoms with E-state index in [1.807, 2.05) is 7.05 Å². The van der Waals surface area contributed by atoms with Crippen LogP contribution in [0.2, 0.25) is 0 Å². The Morgan fingerprint density at radius 3 is 2.46 bits per heavy atom. The van der Waals surface area contributed by atoms with Gasteiger partial charge in [-0.3, -0.25) is 9.59 Å². The molecule has 0 atom stereocenters. The maximum Gasteiger partial charge on any atom is 0.272 e. The Kier molecular flexibility index (Phi) is 5.93. The Morgan fingerprint density at radius 2 is 1.75 bits per heavy atom. The first-order valence-electron chi connectivity index (χ1n) is 8.76. The van der Waals surface area contributed by atoms with Crippen LogP contribution >= 0.6 is 0 Å². The van der Waals surface area contributed by atoms with Gasteiger partial charge in [0, 0.05) is 31.8 Å². The summed E-state index contributed by atoms with van der Waals surface area (Å²) in [5.41, 5.74) is -0.808. The number of hydrogen-bond donors (Lipinski definition) is 1. The highest BCUT2D eigenvalue weighted by molar-refractivity contribution is 6.04. The summed E-state index contributed by atoms with van der Waals surface area (Å²) >= 11 is 0. The lowest BCUT2D eigenvalue weighted by Crippen LogP contribution is -2.35. The van der Waals surface area contributed by atoms with Gasteiger partial charge in [0.05, 0.1) is 0 Å². The summed E-state index contributed by atoms with van der Waals surface area (Å²) < 4.78 is 40.5. The van der Waals surface area contributed by atoms with Crippen molar-refractivity contribution in [1.29, 1.82) is 0 Å². The van der Waals surface area contributed by atoms with Gasteiger partial charge >= 0.3 is 0 Å². The van der Waals surface area contributed by atoms with Crippen molar-refractivity contribution in [2.45, 2.75) is 6.42 Å². The molecule has 0 unspecified atom stereocenters. The van der Waals surface area contributed by atoms with E-state index in [0.717, 1.165) is 19.5 Å². The molecule has 1 aliphatic heterocycles. The fourth-order valence-electron chi connectivity index (χ4n) is 2.97. The van der Waals surface area contributed by atoms with Gasteiger partial charge in [-0.1, -0.05) is 6.07 Å². The van der Waals surface area contributed by atoms with Crippen LogP contribution in [0, 0.1) is 17.5 Å². The zero-order valence-corrected chi connectivity index (χ0v) is 15.2. The Hall–Kier alpha value is -2.94. The van der Waals surface area contributed by atoms with Crippen molar-refractivity contribution in [3.8, 4) is 0 Å². The second kappa shape index (κ2) is 8.39. The normalized spacial score (nSPS) is 15.2. The van der Waals surface area contributed by atoms with Crippen LogP contribution in [0.15, 0.2) is 30.3 Å². The molecule has 0 radical (unpaired) electrons. The molecule has 0 bridgehead atoms. The van der Waals surface area contributed by atoms with E-state index in [-0.39, 0.29) is 17.4 Å². The van der Waals surface area contributed by atoms with Crippen LogP contribution in [-0.4, -0.2) is 59.8 Å². The number of likely N-dealkylation sites (N-methyl/N-ethyl adjacent to an activating group) is 1. The molecule has 1 fully saturated rings. The molecule has 3 rings (SSSR count). The fraction of sp³-hybridized carbons (Fsp3) is 0.316. The van der Waals surface area contributed by atoms with Crippen molar-refractivity contribution >= 4 is 17.6 Å². The van der Waals surface area contributed by atoms with Gasteiger partial charge in [0.15, 0.2) is 0 Å². The number of pyridine rings is 1. The van der Waals surface area contributed by atoms with Crippen molar-refractivity contribution in [2.24, 2.45) is 0 Å². The Labute approximate surface area is 160 Å². The van der Waals surface area contributed by atoms with Gasteiger partial charge in [0.2, 0.25) is 0 Å². The number of anilines is 1. The van der Waals surface area contributed by atoms with E-state index in [9.17, 15) is 22.8 Å². The summed E-state index contributed by atoms with van der Waals surface area (Å²) in [6.45, 7) is 2.78. The van der Waals surface area contributed by atoms with Crippen LogP contribution in [0.4, 0.5) is 19.0 Å². The zero-order chi connectivity index (χ0) is 20.3. The second-order valence-corrected chi connectivity index (χ2v) is 6.56. The van der Waals surface area contributed by atoms with Crippen LogP contribution in [0.25, 0.3) is 0 Å². The SMILES string of the molecule is CN1CCCN(C(=O)c2cccc(NC(=O)c3c(F)cc(F)cc3F)n2)CC1. The number of carbonyl (C=O) groups is 2. The minimum Gasteiger partial charge on any atom is -0.336 e. The molecule has 2 heterocycles. The van der Waals surface area contributed by atoms with E-state index < -0.39 is 28.9 Å². The topological polar surface area (TPSA) is 65.5 Å². The lowest BCUT2D eigenvalue weighted by molar-refractivity contribution is 0.0756. The summed E-state index contributed by atoms with van der Waals surface area (Å²) in [4.78, 5) is 32.8. The number of hydrogen-bond acceptors (Lipinski definition) is 4. The van der Waals surface area contributed by atoms with Crippen molar-refractivity contribution < 1.29 is 22.8 Å². The third-order valence-electron chi connectivity index (χ3n) is 4.45. The lowest BCUT2D eigenvalue weighted by atomic mass is 10.1. The van der Waals surface area contributed by atoms with Gasteiger partial charge in [-0.05, 0) is 32.1 Å². The molecule has 1 aromatic heterocycles. The number of aromatic nitrogens is 1. The van der Waals surface area contributed by atoms with E-state index in [2.05, 4.69) is 15.2 Å². The van der Waals surface area contributed by atoms with Gasteiger partial charge in [0.25, 0.3) is 11.8 Å². The van der Waals surface area contributed by atoms with Crippen molar-refractivity contribution in [2.75, 3.05) is 38.5 Å². The first-order chi connectivity index (χ1) is 13.3. The van der Waals surface area contributed by atoms with Gasteiger partial charge in [-0.2, -0.15) is 0 Å². The molecular formula is C19H19F3N4O2. The molecule has 9 heteroatoms. The van der Waals surface area contributed by atoms with Gasteiger partial charge < -0.3 is 15.1 Å². The van der Waals surface area contributed by atoms with Crippen molar-refractivity contribution in [3.05, 3.63) is 59.0 Å². The highest BCUT2D eigenvalue weighted by Crippen LogP contribution is 2.17. The molecule has 2 amide bonds. The van der Waals surface area contributed by atoms with Crippen molar-refractivity contribution in [1.82, 2.24) is 14.8 Å². The predicted octanol–water partition coefficient (Wildman–Crippen LogP) is 2.53. The molecule has 1 aliphatic rings. The molecule has 1 aromatic carbocycles. The average Bonchev–Trinajstić information content (AvgIpc) is 2.85. The zero-order valence-electron chi connectivity index (χ0n) is 15.2. The number of halogens is 3. The number of carbonyl (C=O) groups excluding carboxylic acids is 2. The molecule has 2 aromatic rings. The van der Waals surface area contributed by atoms with Crippen LogP contribution < -0.4 is 5.32 Å². The highest BCUT2D eigenvalue weighted by Gasteiger charge is 2.22. The summed E-state index contributed by atoms with van der Waals surface area (Å²) in [6, 6.07) is 5.25. The van der Waals surface area contributed by atoms with E-state index >= 15 is 0 Å².